The lowest BCUT2D eigenvalue weighted by atomic mass is 10.2. The molecule has 3 rings (SSSR count). The number of nitrogens with zero attached hydrogens (tertiary/aromatic N) is 1. The maximum absolute atomic E-state index is 12.0. The Bertz CT molecular complexity index is 819. The topological polar surface area (TPSA) is 90.6 Å². The summed E-state index contributed by atoms with van der Waals surface area (Å²) in [7, 11) is 0. The standard InChI is InChI=1S/C14H14N4O2S2/c1-8(11-6-9-4-2-3-5-10(9)22-11)15-12(19)7-21-14-16-13(20)17-18-14/h2-6,8H,7H2,1H3,(H,15,19)(H2,16,17,18,20)/t8-/m0/s1. The van der Waals surface area contributed by atoms with E-state index in [1.165, 1.54) is 21.8 Å². The maximum atomic E-state index is 12.0. The molecule has 0 aliphatic rings. The van der Waals surface area contributed by atoms with Crippen molar-refractivity contribution in [2.75, 3.05) is 5.75 Å². The molecule has 0 unspecified atom stereocenters. The fourth-order valence-corrected chi connectivity index (χ4v) is 3.72. The van der Waals surface area contributed by atoms with Gasteiger partial charge in [0, 0.05) is 9.58 Å². The minimum atomic E-state index is -0.374. The SMILES string of the molecule is C[C@H](NC(=O)CSc1n[nH]c(=O)[nH]1)c1cc2ccccc2s1. The number of hydrogen-bond acceptors (Lipinski definition) is 5. The van der Waals surface area contributed by atoms with Gasteiger partial charge in [-0.2, -0.15) is 0 Å². The third-order valence-corrected chi connectivity index (χ3v) is 5.24. The fourth-order valence-electron chi connectivity index (χ4n) is 2.03. The minimum Gasteiger partial charge on any atom is -0.348 e. The first-order valence-corrected chi connectivity index (χ1v) is 8.47. The van der Waals surface area contributed by atoms with E-state index in [4.69, 9.17) is 0 Å². The van der Waals surface area contributed by atoms with E-state index >= 15 is 0 Å². The van der Waals surface area contributed by atoms with E-state index in [0.717, 1.165) is 4.88 Å². The van der Waals surface area contributed by atoms with E-state index in [1.807, 2.05) is 19.1 Å². The number of rotatable bonds is 5. The van der Waals surface area contributed by atoms with Gasteiger partial charge in [-0.1, -0.05) is 30.0 Å². The van der Waals surface area contributed by atoms with Gasteiger partial charge in [-0.05, 0) is 24.4 Å². The molecule has 0 aliphatic heterocycles. The van der Waals surface area contributed by atoms with Crippen molar-refractivity contribution in [3.8, 4) is 0 Å². The van der Waals surface area contributed by atoms with Crippen LogP contribution in [0.1, 0.15) is 17.8 Å². The normalized spacial score (nSPS) is 12.4. The molecular weight excluding hydrogens is 320 g/mol. The van der Waals surface area contributed by atoms with Crippen LogP contribution in [-0.4, -0.2) is 26.8 Å². The van der Waals surface area contributed by atoms with Crippen molar-refractivity contribution in [3.05, 3.63) is 45.7 Å². The zero-order valence-electron chi connectivity index (χ0n) is 11.8. The lowest BCUT2D eigenvalue weighted by Crippen LogP contribution is -2.27. The second-order valence-electron chi connectivity index (χ2n) is 4.75. The van der Waals surface area contributed by atoms with Crippen molar-refractivity contribution in [2.24, 2.45) is 0 Å². The van der Waals surface area contributed by atoms with Gasteiger partial charge in [0.15, 0.2) is 5.16 Å². The van der Waals surface area contributed by atoms with E-state index in [-0.39, 0.29) is 23.4 Å². The summed E-state index contributed by atoms with van der Waals surface area (Å²) in [5.74, 6) is 0.106. The van der Waals surface area contributed by atoms with E-state index < -0.39 is 0 Å². The van der Waals surface area contributed by atoms with Crippen LogP contribution < -0.4 is 11.0 Å². The highest BCUT2D eigenvalue weighted by Crippen LogP contribution is 2.29. The van der Waals surface area contributed by atoms with Gasteiger partial charge in [0.2, 0.25) is 5.91 Å². The van der Waals surface area contributed by atoms with Crippen LogP contribution in [0.2, 0.25) is 0 Å². The van der Waals surface area contributed by atoms with E-state index in [1.54, 1.807) is 11.3 Å². The molecule has 22 heavy (non-hydrogen) atoms. The number of H-pyrrole nitrogens is 2. The number of thioether (sulfide) groups is 1. The van der Waals surface area contributed by atoms with Gasteiger partial charge in [-0.15, -0.1) is 16.4 Å². The first-order chi connectivity index (χ1) is 10.6. The van der Waals surface area contributed by atoms with Gasteiger partial charge in [-0.25, -0.2) is 9.89 Å². The number of fused-ring (bicyclic) bond motifs is 1. The summed E-state index contributed by atoms with van der Waals surface area (Å²) < 4.78 is 1.21. The van der Waals surface area contributed by atoms with Crippen LogP contribution in [0.15, 0.2) is 40.3 Å². The predicted octanol–water partition coefficient (Wildman–Crippen LogP) is 2.28. The summed E-state index contributed by atoms with van der Waals surface area (Å²) in [6, 6.07) is 10.2. The van der Waals surface area contributed by atoms with Crippen molar-refractivity contribution >= 4 is 39.1 Å². The van der Waals surface area contributed by atoms with Crippen molar-refractivity contribution in [1.82, 2.24) is 20.5 Å². The van der Waals surface area contributed by atoms with Crippen LogP contribution in [0.3, 0.4) is 0 Å². The smallest absolute Gasteiger partial charge is 0.341 e. The highest BCUT2D eigenvalue weighted by Gasteiger charge is 2.13. The Kier molecular flexibility index (Phi) is 4.30. The number of nitrogens with one attached hydrogen (secondary N) is 3. The van der Waals surface area contributed by atoms with E-state index in [2.05, 4.69) is 38.7 Å². The Morgan fingerprint density at radius 1 is 1.45 bits per heavy atom. The minimum absolute atomic E-state index is 0.0521. The molecule has 0 bridgehead atoms. The monoisotopic (exact) mass is 334 g/mol. The molecule has 2 heterocycles. The van der Waals surface area contributed by atoms with Crippen LogP contribution in [0, 0.1) is 0 Å². The summed E-state index contributed by atoms with van der Waals surface area (Å²) in [5.41, 5.74) is -0.374. The molecular formula is C14H14N4O2S2. The molecule has 3 N–H and O–H groups in total. The number of carbonyl (C=O) groups excluding carboxylic acids is 1. The van der Waals surface area contributed by atoms with Crippen molar-refractivity contribution < 1.29 is 4.79 Å². The lowest BCUT2D eigenvalue weighted by molar-refractivity contribution is -0.119. The maximum Gasteiger partial charge on any atom is 0.341 e. The first-order valence-electron chi connectivity index (χ1n) is 6.67. The van der Waals surface area contributed by atoms with Gasteiger partial charge in [0.25, 0.3) is 0 Å². The highest BCUT2D eigenvalue weighted by atomic mass is 32.2. The van der Waals surface area contributed by atoms with Gasteiger partial charge in [0.05, 0.1) is 11.8 Å². The Morgan fingerprint density at radius 3 is 3.00 bits per heavy atom. The highest BCUT2D eigenvalue weighted by molar-refractivity contribution is 7.99. The number of carbonyl (C=O) groups is 1. The van der Waals surface area contributed by atoms with Gasteiger partial charge in [0.1, 0.15) is 0 Å². The quantitative estimate of drug-likeness (QED) is 0.624. The summed E-state index contributed by atoms with van der Waals surface area (Å²) in [6.07, 6.45) is 0. The summed E-state index contributed by atoms with van der Waals surface area (Å²) in [5, 5.41) is 10.6. The molecule has 0 saturated heterocycles. The molecule has 0 fully saturated rings. The van der Waals surface area contributed by atoms with Crippen LogP contribution in [-0.2, 0) is 4.79 Å². The molecule has 0 saturated carbocycles. The van der Waals surface area contributed by atoms with Crippen molar-refractivity contribution in [2.45, 2.75) is 18.1 Å². The summed E-state index contributed by atoms with van der Waals surface area (Å²) >= 11 is 2.86. The second-order valence-corrected chi connectivity index (χ2v) is 6.83. The molecule has 1 aromatic carbocycles. The fraction of sp³-hybridized carbons (Fsp3) is 0.214. The molecule has 114 valence electrons. The predicted molar refractivity (Wildman–Crippen MR) is 88.3 cm³/mol. The van der Waals surface area contributed by atoms with Crippen molar-refractivity contribution in [1.29, 1.82) is 0 Å². The Hall–Kier alpha value is -2.06. The molecule has 0 aliphatic carbocycles. The zero-order valence-corrected chi connectivity index (χ0v) is 13.4. The third-order valence-electron chi connectivity index (χ3n) is 3.07. The number of benzene rings is 1. The number of aromatic amines is 2. The van der Waals surface area contributed by atoms with Crippen LogP contribution in [0.4, 0.5) is 0 Å². The second kappa shape index (κ2) is 6.37. The van der Waals surface area contributed by atoms with Crippen LogP contribution >= 0.6 is 23.1 Å². The van der Waals surface area contributed by atoms with Gasteiger partial charge in [-0.3, -0.25) is 9.78 Å². The zero-order chi connectivity index (χ0) is 15.5. The third kappa shape index (κ3) is 3.40. The summed E-state index contributed by atoms with van der Waals surface area (Å²) in [4.78, 5) is 26.5. The van der Waals surface area contributed by atoms with Crippen LogP contribution in [0.5, 0.6) is 0 Å². The molecule has 0 spiro atoms. The molecule has 8 heteroatoms. The van der Waals surface area contributed by atoms with E-state index in [9.17, 15) is 9.59 Å². The number of amides is 1. The number of aromatic nitrogens is 3. The molecule has 3 aromatic rings. The molecule has 2 aromatic heterocycles. The van der Waals surface area contributed by atoms with Gasteiger partial charge < -0.3 is 5.32 Å². The van der Waals surface area contributed by atoms with Crippen molar-refractivity contribution in [3.63, 3.8) is 0 Å². The summed E-state index contributed by atoms with van der Waals surface area (Å²) in [6.45, 7) is 1.96. The average molecular weight is 334 g/mol. The van der Waals surface area contributed by atoms with Gasteiger partial charge >= 0.3 is 5.69 Å². The number of hydrogen-bond donors (Lipinski definition) is 3. The largest absolute Gasteiger partial charge is 0.348 e. The number of thiophene rings is 1. The molecule has 0 radical (unpaired) electrons. The molecule has 1 atom stereocenters. The Labute approximate surface area is 134 Å². The van der Waals surface area contributed by atoms with Crippen LogP contribution in [0.25, 0.3) is 10.1 Å². The first kappa shape index (κ1) is 14.9. The lowest BCUT2D eigenvalue weighted by Gasteiger charge is -2.11. The van der Waals surface area contributed by atoms with E-state index in [0.29, 0.717) is 5.16 Å². The Morgan fingerprint density at radius 2 is 2.27 bits per heavy atom. The Balaban J connectivity index is 1.59. The molecule has 6 nitrogen and oxygen atoms in total. The average Bonchev–Trinajstić information content (AvgIpc) is 3.11. The molecule has 1 amide bonds.